The second-order valence-electron chi connectivity index (χ2n) is 5.46. The van der Waals surface area contributed by atoms with Crippen molar-refractivity contribution in [2.24, 2.45) is 0 Å². The van der Waals surface area contributed by atoms with E-state index in [1.54, 1.807) is 24.3 Å². The number of amides is 2. The van der Waals surface area contributed by atoms with Gasteiger partial charge in [0.15, 0.2) is 0 Å². The number of carbonyl (C=O) groups excluding carboxylic acids is 1. The van der Waals surface area contributed by atoms with Crippen molar-refractivity contribution in [3.8, 4) is 11.5 Å². The molecule has 2 rings (SSSR count). The van der Waals surface area contributed by atoms with E-state index in [0.29, 0.717) is 46.8 Å². The summed E-state index contributed by atoms with van der Waals surface area (Å²) < 4.78 is 11.7. The van der Waals surface area contributed by atoms with Crippen LogP contribution in [0.1, 0.15) is 12.0 Å². The predicted molar refractivity (Wildman–Crippen MR) is 109 cm³/mol. The van der Waals surface area contributed by atoms with E-state index in [1.165, 1.54) is 7.11 Å². The topological polar surface area (TPSA) is 59.6 Å². The number of hydrogen-bond acceptors (Lipinski definition) is 3. The van der Waals surface area contributed by atoms with E-state index in [9.17, 15) is 4.79 Å². The van der Waals surface area contributed by atoms with Crippen molar-refractivity contribution in [3.05, 3.63) is 50.4 Å². The molecule has 26 heavy (non-hydrogen) atoms. The quantitative estimate of drug-likeness (QED) is 0.522. The highest BCUT2D eigenvalue weighted by atomic mass is 79.9. The lowest BCUT2D eigenvalue weighted by molar-refractivity contribution is 0.250. The third kappa shape index (κ3) is 5.97. The van der Waals surface area contributed by atoms with E-state index in [0.717, 1.165) is 10.0 Å². The minimum atomic E-state index is -0.327. The van der Waals surface area contributed by atoms with Gasteiger partial charge in [-0.15, -0.1) is 0 Å². The maximum atomic E-state index is 12.0. The fourth-order valence-corrected chi connectivity index (χ4v) is 3.03. The molecule has 0 aromatic heterocycles. The highest BCUT2D eigenvalue weighted by molar-refractivity contribution is 9.10. The Kier molecular flexibility index (Phi) is 7.87. The number of carbonyl (C=O) groups is 1. The zero-order valence-electron chi connectivity index (χ0n) is 14.4. The fraction of sp³-hybridized carbons (Fsp3) is 0.278. The lowest BCUT2D eigenvalue weighted by Crippen LogP contribution is -2.30. The van der Waals surface area contributed by atoms with E-state index in [2.05, 4.69) is 26.6 Å². The Labute approximate surface area is 171 Å². The standard InChI is InChI=1S/C18H19BrCl2N2O3/c1-11-8-15(17(25-2)10-13(11)20)23-18(24)22-6-3-7-26-16-5-4-12(19)9-14(16)21/h4-5,8-10H,3,6-7H2,1-2H3,(H2,22,23,24). The van der Waals surface area contributed by atoms with Crippen LogP contribution in [0.3, 0.4) is 0 Å². The molecular formula is C18H19BrCl2N2O3. The monoisotopic (exact) mass is 460 g/mol. The van der Waals surface area contributed by atoms with Crippen LogP contribution in [0.15, 0.2) is 34.8 Å². The summed E-state index contributed by atoms with van der Waals surface area (Å²) in [5, 5.41) is 6.64. The van der Waals surface area contributed by atoms with Crippen molar-refractivity contribution in [2.45, 2.75) is 13.3 Å². The first-order chi connectivity index (χ1) is 12.4. The molecule has 2 N–H and O–H groups in total. The molecule has 5 nitrogen and oxygen atoms in total. The van der Waals surface area contributed by atoms with E-state index in [4.69, 9.17) is 32.7 Å². The lowest BCUT2D eigenvalue weighted by Gasteiger charge is -2.13. The third-order valence-corrected chi connectivity index (χ3v) is 4.68. The Morgan fingerprint density at radius 3 is 2.62 bits per heavy atom. The number of anilines is 1. The minimum Gasteiger partial charge on any atom is -0.495 e. The zero-order valence-corrected chi connectivity index (χ0v) is 17.5. The van der Waals surface area contributed by atoms with Gasteiger partial charge >= 0.3 is 6.03 Å². The molecule has 0 spiro atoms. The van der Waals surface area contributed by atoms with Crippen LogP contribution in [0.4, 0.5) is 10.5 Å². The molecule has 8 heteroatoms. The smallest absolute Gasteiger partial charge is 0.319 e. The zero-order chi connectivity index (χ0) is 19.1. The van der Waals surface area contributed by atoms with Crippen molar-refractivity contribution in [1.82, 2.24) is 5.32 Å². The molecule has 0 saturated heterocycles. The number of halogens is 3. The molecular weight excluding hydrogens is 443 g/mol. The van der Waals surface area contributed by atoms with Gasteiger partial charge in [0.2, 0.25) is 0 Å². The number of methoxy groups -OCH3 is 1. The summed E-state index contributed by atoms with van der Waals surface area (Å²) >= 11 is 15.5. The van der Waals surface area contributed by atoms with Gasteiger partial charge in [-0.05, 0) is 43.2 Å². The molecule has 0 bridgehead atoms. The van der Waals surface area contributed by atoms with Crippen LogP contribution in [-0.2, 0) is 0 Å². The van der Waals surface area contributed by atoms with Crippen LogP contribution in [-0.4, -0.2) is 26.3 Å². The van der Waals surface area contributed by atoms with Gasteiger partial charge in [-0.2, -0.15) is 0 Å². The molecule has 0 aliphatic heterocycles. The first kappa shape index (κ1) is 20.7. The summed E-state index contributed by atoms with van der Waals surface area (Å²) in [5.74, 6) is 1.12. The van der Waals surface area contributed by atoms with Gasteiger partial charge in [0.05, 0.1) is 24.4 Å². The highest BCUT2D eigenvalue weighted by Crippen LogP contribution is 2.31. The summed E-state index contributed by atoms with van der Waals surface area (Å²) in [5.41, 5.74) is 1.41. The van der Waals surface area contributed by atoms with Gasteiger partial charge in [-0.1, -0.05) is 39.1 Å². The normalized spacial score (nSPS) is 10.3. The SMILES string of the molecule is COc1cc(Cl)c(C)cc1NC(=O)NCCCOc1ccc(Br)cc1Cl. The number of urea groups is 1. The Morgan fingerprint density at radius 2 is 1.92 bits per heavy atom. The van der Waals surface area contributed by atoms with Crippen molar-refractivity contribution in [1.29, 1.82) is 0 Å². The summed E-state index contributed by atoms with van der Waals surface area (Å²) in [6.07, 6.45) is 0.636. The first-order valence-corrected chi connectivity index (χ1v) is 9.42. The number of aryl methyl sites for hydroxylation is 1. The van der Waals surface area contributed by atoms with Crippen molar-refractivity contribution in [3.63, 3.8) is 0 Å². The molecule has 0 fully saturated rings. The maximum absolute atomic E-state index is 12.0. The van der Waals surface area contributed by atoms with Gasteiger partial charge in [-0.3, -0.25) is 0 Å². The van der Waals surface area contributed by atoms with E-state index in [-0.39, 0.29) is 6.03 Å². The molecule has 2 amide bonds. The molecule has 2 aromatic carbocycles. The van der Waals surface area contributed by atoms with Gasteiger partial charge in [0, 0.05) is 22.1 Å². The maximum Gasteiger partial charge on any atom is 0.319 e. The largest absolute Gasteiger partial charge is 0.495 e. The number of hydrogen-bond donors (Lipinski definition) is 2. The van der Waals surface area contributed by atoms with Gasteiger partial charge in [-0.25, -0.2) is 4.79 Å². The molecule has 0 aliphatic rings. The summed E-state index contributed by atoms with van der Waals surface area (Å²) in [6, 6.07) is 8.52. The van der Waals surface area contributed by atoms with Gasteiger partial charge in [0.25, 0.3) is 0 Å². The second-order valence-corrected chi connectivity index (χ2v) is 7.19. The van der Waals surface area contributed by atoms with Crippen LogP contribution in [0.2, 0.25) is 10.0 Å². The van der Waals surface area contributed by atoms with Crippen molar-refractivity contribution < 1.29 is 14.3 Å². The summed E-state index contributed by atoms with van der Waals surface area (Å²) in [6.45, 7) is 2.75. The molecule has 2 aromatic rings. The lowest BCUT2D eigenvalue weighted by atomic mass is 10.2. The summed E-state index contributed by atoms with van der Waals surface area (Å²) in [7, 11) is 1.52. The Morgan fingerprint density at radius 1 is 1.15 bits per heavy atom. The predicted octanol–water partition coefficient (Wildman–Crippen LogP) is 5.66. The molecule has 0 heterocycles. The number of benzene rings is 2. The number of rotatable bonds is 7. The second kappa shape index (κ2) is 9.90. The Hall–Kier alpha value is -1.63. The van der Waals surface area contributed by atoms with Crippen LogP contribution >= 0.6 is 39.1 Å². The Bertz CT molecular complexity index is 787. The van der Waals surface area contributed by atoms with Crippen LogP contribution in [0.25, 0.3) is 0 Å². The molecule has 0 unspecified atom stereocenters. The van der Waals surface area contributed by atoms with Crippen LogP contribution in [0, 0.1) is 6.92 Å². The van der Waals surface area contributed by atoms with Gasteiger partial charge in [0.1, 0.15) is 11.5 Å². The molecule has 0 radical (unpaired) electrons. The molecule has 0 atom stereocenters. The van der Waals surface area contributed by atoms with Crippen molar-refractivity contribution in [2.75, 3.05) is 25.6 Å². The van der Waals surface area contributed by atoms with E-state index >= 15 is 0 Å². The summed E-state index contributed by atoms with van der Waals surface area (Å²) in [4.78, 5) is 12.0. The van der Waals surface area contributed by atoms with Crippen LogP contribution in [0.5, 0.6) is 11.5 Å². The van der Waals surface area contributed by atoms with Crippen molar-refractivity contribution >= 4 is 50.9 Å². The average molecular weight is 462 g/mol. The number of nitrogens with one attached hydrogen (secondary N) is 2. The minimum absolute atomic E-state index is 0.327. The third-order valence-electron chi connectivity index (χ3n) is 3.49. The average Bonchev–Trinajstić information content (AvgIpc) is 2.59. The Balaban J connectivity index is 1.76. The van der Waals surface area contributed by atoms with E-state index in [1.807, 2.05) is 13.0 Å². The fourth-order valence-electron chi connectivity index (χ4n) is 2.14. The highest BCUT2D eigenvalue weighted by Gasteiger charge is 2.10. The molecule has 0 saturated carbocycles. The van der Waals surface area contributed by atoms with Gasteiger partial charge < -0.3 is 20.1 Å². The molecule has 0 aliphatic carbocycles. The first-order valence-electron chi connectivity index (χ1n) is 7.87. The number of ether oxygens (including phenoxy) is 2. The van der Waals surface area contributed by atoms with Crippen LogP contribution < -0.4 is 20.1 Å². The molecule has 140 valence electrons. The van der Waals surface area contributed by atoms with E-state index < -0.39 is 0 Å².